The summed E-state index contributed by atoms with van der Waals surface area (Å²) in [4.78, 5) is 22.4. The number of Topliss-reactive ketones (excluding diaryl/α,β-unsaturated/α-hetero) is 2. The van der Waals surface area contributed by atoms with E-state index in [1.807, 2.05) is 13.8 Å². The monoisotopic (exact) mass is 382 g/mol. The first kappa shape index (κ1) is 12.8. The molecule has 0 aromatic carbocycles. The fourth-order valence-electron chi connectivity index (χ4n) is 1.10. The Kier molecular flexibility index (Phi) is 6.71. The van der Waals surface area contributed by atoms with Crippen molar-refractivity contribution in [2.75, 3.05) is 0 Å². The zero-order chi connectivity index (χ0) is 9.72. The Morgan fingerprint density at radius 3 is 2.08 bits per heavy atom. The molecule has 0 aromatic heterocycles. The number of hydrogen-bond donors (Lipinski definition) is 0. The molecule has 0 aliphatic rings. The van der Waals surface area contributed by atoms with Gasteiger partial charge in [0.05, 0.1) is 0 Å². The van der Waals surface area contributed by atoms with Crippen LogP contribution in [-0.4, -0.2) is 11.6 Å². The van der Waals surface area contributed by atoms with Crippen molar-refractivity contribution in [2.45, 2.75) is 24.2 Å². The summed E-state index contributed by atoms with van der Waals surface area (Å²) >= 11 is -0.888. The zero-order valence-corrected chi connectivity index (χ0v) is 14.2. The van der Waals surface area contributed by atoms with Crippen LogP contribution < -0.4 is 0 Å². The average molecular weight is 382 g/mol. The van der Waals surface area contributed by atoms with Crippen LogP contribution >= 0.6 is 0 Å². The molecule has 0 amide bonds. The Balaban J connectivity index is 4.09. The topological polar surface area (TPSA) is 34.1 Å². The summed E-state index contributed by atoms with van der Waals surface area (Å²) in [6.45, 7) is 5.28. The van der Waals surface area contributed by atoms with Crippen molar-refractivity contribution < 1.29 is 50.2 Å². The molecular formula is C9H16O2Ra. The first-order chi connectivity index (χ1) is 5.50. The quantitative estimate of drug-likeness (QED) is 0.729. The number of rotatable bonds is 5. The minimum atomic E-state index is -0.888. The number of carbonyl (C=O) groups is 2. The average Bonchev–Trinajstić information content (AvgIpc) is 2.02. The summed E-state index contributed by atoms with van der Waals surface area (Å²) in [6, 6.07) is 0. The van der Waals surface area contributed by atoms with Gasteiger partial charge in [0, 0.05) is 0 Å². The van der Waals surface area contributed by atoms with Gasteiger partial charge < -0.3 is 0 Å². The first-order valence-corrected chi connectivity index (χ1v) is 14.5. The third-order valence-corrected chi connectivity index (χ3v) is 6.48. The van der Waals surface area contributed by atoms with Gasteiger partial charge in [-0.25, -0.2) is 0 Å². The molecule has 0 fully saturated rings. The van der Waals surface area contributed by atoms with E-state index in [2.05, 4.69) is 1.96 Å². The molecule has 0 saturated heterocycles. The second-order valence-electron chi connectivity index (χ2n) is 3.40. The second kappa shape index (κ2) is 6.29. The van der Waals surface area contributed by atoms with E-state index in [4.69, 9.17) is 0 Å². The predicted molar refractivity (Wildman–Crippen MR) is 44.7 cm³/mol. The van der Waals surface area contributed by atoms with Crippen molar-refractivity contribution in [1.82, 2.24) is 0 Å². The van der Waals surface area contributed by atoms with Crippen molar-refractivity contribution in [3.63, 3.8) is 0 Å². The van der Waals surface area contributed by atoms with Crippen LogP contribution in [0.3, 0.4) is 0 Å². The Labute approximate surface area is 96.6 Å². The number of ketones is 2. The maximum atomic E-state index is 11.4. The van der Waals surface area contributed by atoms with Gasteiger partial charge in [0.1, 0.15) is 0 Å². The second-order valence-corrected chi connectivity index (χ2v) is 9.57. The molecule has 2 unspecified atom stereocenters. The van der Waals surface area contributed by atoms with Crippen molar-refractivity contribution >= 4 is 11.6 Å². The molecule has 0 rings (SSSR count). The molecule has 0 saturated carbocycles. The molecule has 0 bridgehead atoms. The van der Waals surface area contributed by atoms with Crippen LogP contribution in [0.2, 0.25) is 3.43 Å². The summed E-state index contributed by atoms with van der Waals surface area (Å²) in [5.41, 5.74) is 0. The molecule has 66 valence electrons. The van der Waals surface area contributed by atoms with E-state index < -0.39 is 40.6 Å². The van der Waals surface area contributed by atoms with E-state index in [0.29, 0.717) is 5.78 Å². The van der Waals surface area contributed by atoms with Crippen molar-refractivity contribution in [2.24, 2.45) is 11.8 Å². The first-order valence-electron chi connectivity index (χ1n) is 4.53. The van der Waals surface area contributed by atoms with Gasteiger partial charge in [0.2, 0.25) is 0 Å². The fourth-order valence-corrected chi connectivity index (χ4v) is 5.00. The third kappa shape index (κ3) is 4.16. The molecule has 0 heterocycles. The van der Waals surface area contributed by atoms with E-state index in [1.165, 1.54) is 0 Å². The molecule has 12 heavy (non-hydrogen) atoms. The van der Waals surface area contributed by atoms with Crippen LogP contribution in [0.15, 0.2) is 0 Å². The van der Waals surface area contributed by atoms with Crippen LogP contribution in [0.25, 0.3) is 0 Å². The molecule has 2 nitrogen and oxygen atoms in total. The normalized spacial score (nSPS) is 14.7. The Morgan fingerprint density at radius 1 is 1.25 bits per heavy atom. The molecule has 2 atom stereocenters. The molecule has 3 heteroatoms. The van der Waals surface area contributed by atoms with Crippen LogP contribution in [0.5, 0.6) is 0 Å². The van der Waals surface area contributed by atoms with Gasteiger partial charge in [-0.05, 0) is 0 Å². The molecule has 0 N–H and O–H groups in total. The van der Waals surface area contributed by atoms with Gasteiger partial charge in [0.15, 0.2) is 0 Å². The SMILES string of the molecule is [CH3][Ra][CH2]C(=O)C(C)C(C)C(C)=O. The van der Waals surface area contributed by atoms with Gasteiger partial charge >= 0.3 is 97.8 Å². The maximum absolute atomic E-state index is 11.4. The Morgan fingerprint density at radius 2 is 1.75 bits per heavy atom. The molecular weight excluding hydrogens is 366 g/mol. The molecule has 0 aromatic rings. The van der Waals surface area contributed by atoms with Crippen molar-refractivity contribution in [3.05, 3.63) is 0 Å². The summed E-state index contributed by atoms with van der Waals surface area (Å²) in [5.74, 6) is 0.304. The Bertz CT molecular complexity index is 177. The van der Waals surface area contributed by atoms with E-state index in [9.17, 15) is 9.59 Å². The third-order valence-electron chi connectivity index (χ3n) is 2.40. The minimum absolute atomic E-state index is 0.0514. The molecule has 0 radical (unpaired) electrons. The van der Waals surface area contributed by atoms with Crippen LogP contribution in [-0.2, 0) is 9.59 Å². The zero-order valence-electron chi connectivity index (χ0n) is 8.39. The summed E-state index contributed by atoms with van der Waals surface area (Å²) in [6.07, 6.45) is 0. The van der Waals surface area contributed by atoms with Crippen LogP contribution in [0.1, 0.15) is 20.8 Å². The fraction of sp³-hybridized carbons (Fsp3) is 0.778. The van der Waals surface area contributed by atoms with E-state index in [1.54, 1.807) is 6.92 Å². The van der Waals surface area contributed by atoms with Gasteiger partial charge in [-0.15, -0.1) is 0 Å². The number of carbonyl (C=O) groups excluding carboxylic acids is 2. The summed E-state index contributed by atoms with van der Waals surface area (Å²) in [5, 5.41) is 0. The predicted octanol–water partition coefficient (Wildman–Crippen LogP) is 1.97. The van der Waals surface area contributed by atoms with Gasteiger partial charge in [-0.1, -0.05) is 0 Å². The molecule has 0 aliphatic carbocycles. The van der Waals surface area contributed by atoms with E-state index in [0.717, 1.165) is 1.46 Å². The summed E-state index contributed by atoms with van der Waals surface area (Å²) in [7, 11) is 0. The van der Waals surface area contributed by atoms with E-state index >= 15 is 0 Å². The van der Waals surface area contributed by atoms with Crippen LogP contribution in [0.4, 0.5) is 0 Å². The molecule has 0 spiro atoms. The van der Waals surface area contributed by atoms with Crippen molar-refractivity contribution in [3.8, 4) is 0 Å². The van der Waals surface area contributed by atoms with Crippen molar-refractivity contribution in [1.29, 1.82) is 0 Å². The summed E-state index contributed by atoms with van der Waals surface area (Å²) < 4.78 is 3.03. The van der Waals surface area contributed by atoms with Gasteiger partial charge in [0.25, 0.3) is 0 Å². The number of hydrogen-bond acceptors (Lipinski definition) is 2. The van der Waals surface area contributed by atoms with Gasteiger partial charge in [-0.3, -0.25) is 0 Å². The standard InChI is InChI=1S/C8H13O2.CH3.Ra/c1-5(7(3)9)6(2)8(4)10;;/h5-6H,3H2,1-2,4H3;1H3;. The Hall–Kier alpha value is 0.808. The van der Waals surface area contributed by atoms with Crippen LogP contribution in [0, 0.1) is 52.4 Å². The van der Waals surface area contributed by atoms with Gasteiger partial charge in [-0.2, -0.15) is 0 Å². The van der Waals surface area contributed by atoms with E-state index in [-0.39, 0.29) is 17.6 Å². The molecule has 0 aliphatic heterocycles.